The molecule has 1 amide bonds. The third-order valence-corrected chi connectivity index (χ3v) is 9.66. The van der Waals surface area contributed by atoms with Crippen LogP contribution in [0, 0.1) is 23.2 Å². The van der Waals surface area contributed by atoms with E-state index in [0.717, 1.165) is 37.8 Å². The predicted octanol–water partition coefficient (Wildman–Crippen LogP) is 1.70. The number of aliphatic hydroxyl groups excluding tert-OH is 1. The summed E-state index contributed by atoms with van der Waals surface area (Å²) in [7, 11) is -3.79. The number of nitrogens with two attached hydrogens (primary N) is 1. The van der Waals surface area contributed by atoms with Gasteiger partial charge in [0.15, 0.2) is 0 Å². The van der Waals surface area contributed by atoms with E-state index >= 15 is 0 Å². The molecule has 188 valence electrons. The molecule has 2 aromatic rings. The number of hydrogen-bond donors (Lipinski definition) is 4. The third-order valence-electron chi connectivity index (χ3n) is 9.05. The van der Waals surface area contributed by atoms with Crippen LogP contribution in [0.15, 0.2) is 36.8 Å². The fourth-order valence-corrected chi connectivity index (χ4v) is 8.32. The second kappa shape index (κ2) is 8.40. The fraction of sp³-hybridized carbons (Fsp3) is 0.600. The molecule has 0 saturated heterocycles. The van der Waals surface area contributed by atoms with E-state index in [4.69, 9.17) is 5.14 Å². The van der Waals surface area contributed by atoms with Crippen molar-refractivity contribution in [1.29, 1.82) is 0 Å². The van der Waals surface area contributed by atoms with Crippen LogP contribution in [0.25, 0.3) is 11.3 Å². The number of carbonyl (C=O) groups is 1. The molecule has 5 aliphatic rings. The Kier molecular flexibility index (Phi) is 5.55. The van der Waals surface area contributed by atoms with E-state index in [-0.39, 0.29) is 36.4 Å². The lowest BCUT2D eigenvalue weighted by Crippen LogP contribution is -2.62. The number of imidazole rings is 1. The molecule has 1 aliphatic heterocycles. The minimum atomic E-state index is -3.79. The van der Waals surface area contributed by atoms with Gasteiger partial charge in [0.2, 0.25) is 5.91 Å². The molecule has 0 spiro atoms. The van der Waals surface area contributed by atoms with Crippen LogP contribution in [0.3, 0.4) is 0 Å². The fourth-order valence-electron chi connectivity index (χ4n) is 7.93. The normalized spacial score (nSPS) is 33.4. The first-order valence-electron chi connectivity index (χ1n) is 12.6. The number of amides is 1. The first-order valence-corrected chi connectivity index (χ1v) is 14.1. The molecule has 9 nitrogen and oxygen atoms in total. The average Bonchev–Trinajstić information content (AvgIpc) is 3.37. The summed E-state index contributed by atoms with van der Waals surface area (Å²) in [5, 5.41) is 19.9. The molecule has 0 radical (unpaired) electrons. The molecule has 1 aromatic carbocycles. The minimum absolute atomic E-state index is 0.00288. The lowest BCUT2D eigenvalue weighted by atomic mass is 9.46. The third kappa shape index (κ3) is 4.10. The van der Waals surface area contributed by atoms with Gasteiger partial charge in [0.05, 0.1) is 30.4 Å². The monoisotopic (exact) mass is 499 g/mol. The molecule has 2 heterocycles. The van der Waals surface area contributed by atoms with Crippen molar-refractivity contribution in [3.63, 3.8) is 0 Å². The van der Waals surface area contributed by atoms with Gasteiger partial charge in [-0.25, -0.2) is 14.8 Å². The second-order valence-electron chi connectivity index (χ2n) is 11.2. The molecular formula is C25H33N5O4S. The van der Waals surface area contributed by atoms with E-state index < -0.39 is 16.3 Å². The number of nitrogens with one attached hydrogen (secondary N) is 2. The van der Waals surface area contributed by atoms with Gasteiger partial charge in [-0.2, -0.15) is 8.42 Å². The first-order chi connectivity index (χ1) is 16.7. The maximum Gasteiger partial charge on any atom is 0.274 e. The summed E-state index contributed by atoms with van der Waals surface area (Å²) in [5.74, 6) is 1.15. The van der Waals surface area contributed by atoms with Crippen molar-refractivity contribution in [2.75, 3.05) is 6.54 Å². The van der Waals surface area contributed by atoms with Crippen molar-refractivity contribution in [1.82, 2.24) is 19.6 Å². The van der Waals surface area contributed by atoms with Crippen LogP contribution < -0.4 is 15.2 Å². The molecule has 35 heavy (non-hydrogen) atoms. The quantitative estimate of drug-likeness (QED) is 0.438. The van der Waals surface area contributed by atoms with Gasteiger partial charge in [-0.15, -0.1) is 0 Å². The van der Waals surface area contributed by atoms with E-state index in [1.165, 1.54) is 11.1 Å². The maximum atomic E-state index is 12.5. The SMILES string of the molecule is NS(=O)(=O)NCCC(=O)NC1C2CC3CC1CC(C(O)CC1c4ccccc4-c4cncn41)(C3)C2. The lowest BCUT2D eigenvalue weighted by molar-refractivity contribution is -0.145. The molecule has 7 rings (SSSR count). The van der Waals surface area contributed by atoms with Crippen LogP contribution in [-0.2, 0) is 15.0 Å². The largest absolute Gasteiger partial charge is 0.392 e. The summed E-state index contributed by atoms with van der Waals surface area (Å²) in [6.07, 6.45) is 9.18. The first kappa shape index (κ1) is 23.1. The van der Waals surface area contributed by atoms with E-state index in [1.54, 1.807) is 0 Å². The van der Waals surface area contributed by atoms with Gasteiger partial charge in [-0.05, 0) is 67.3 Å². The predicted molar refractivity (Wildman–Crippen MR) is 130 cm³/mol. The highest BCUT2D eigenvalue weighted by Crippen LogP contribution is 2.62. The number of benzene rings is 1. The van der Waals surface area contributed by atoms with E-state index in [1.807, 2.05) is 18.6 Å². The number of aliphatic hydroxyl groups is 1. The van der Waals surface area contributed by atoms with Crippen LogP contribution in [0.1, 0.15) is 56.6 Å². The average molecular weight is 500 g/mol. The summed E-state index contributed by atoms with van der Waals surface area (Å²) in [6.45, 7) is -0.00288. The number of aromatic nitrogens is 2. The summed E-state index contributed by atoms with van der Waals surface area (Å²) >= 11 is 0. The van der Waals surface area contributed by atoms with E-state index in [2.05, 4.69) is 37.8 Å². The van der Waals surface area contributed by atoms with Gasteiger partial charge >= 0.3 is 0 Å². The Balaban J connectivity index is 1.15. The molecule has 4 aliphatic carbocycles. The van der Waals surface area contributed by atoms with Gasteiger partial charge in [-0.3, -0.25) is 4.79 Å². The Morgan fingerprint density at radius 1 is 1.23 bits per heavy atom. The Morgan fingerprint density at radius 2 is 1.97 bits per heavy atom. The van der Waals surface area contributed by atoms with Crippen LogP contribution >= 0.6 is 0 Å². The van der Waals surface area contributed by atoms with Crippen molar-refractivity contribution in [3.05, 3.63) is 42.4 Å². The summed E-state index contributed by atoms with van der Waals surface area (Å²) in [4.78, 5) is 16.9. The Labute approximate surface area is 205 Å². The molecule has 4 bridgehead atoms. The number of nitrogens with zero attached hydrogens (tertiary/aromatic N) is 2. The van der Waals surface area contributed by atoms with Gasteiger partial charge in [0.1, 0.15) is 0 Å². The molecule has 4 fully saturated rings. The van der Waals surface area contributed by atoms with Crippen LogP contribution in [-0.4, -0.2) is 47.7 Å². The molecule has 5 N–H and O–H groups in total. The Bertz CT molecular complexity index is 1230. The highest BCUT2D eigenvalue weighted by atomic mass is 32.2. The summed E-state index contributed by atoms with van der Waals surface area (Å²) < 4.78 is 26.5. The van der Waals surface area contributed by atoms with Crippen molar-refractivity contribution < 1.29 is 18.3 Å². The zero-order valence-electron chi connectivity index (χ0n) is 19.6. The topological polar surface area (TPSA) is 139 Å². The van der Waals surface area contributed by atoms with Gasteiger partial charge in [0.25, 0.3) is 10.2 Å². The summed E-state index contributed by atoms with van der Waals surface area (Å²) in [5.41, 5.74) is 3.47. The molecule has 4 saturated carbocycles. The Hall–Kier alpha value is -2.27. The Morgan fingerprint density at radius 3 is 2.71 bits per heavy atom. The van der Waals surface area contributed by atoms with Crippen molar-refractivity contribution >= 4 is 16.1 Å². The summed E-state index contributed by atoms with van der Waals surface area (Å²) in [6, 6.07) is 8.60. The zero-order chi connectivity index (χ0) is 24.4. The highest BCUT2D eigenvalue weighted by Gasteiger charge is 2.58. The van der Waals surface area contributed by atoms with Crippen molar-refractivity contribution in [3.8, 4) is 11.3 Å². The standard InChI is InChI=1S/C25H33N5O4S/c26-35(33,34)28-6-5-23(32)29-24-16-7-15-8-17(24)12-25(10-15,11-16)22(31)9-20-18-3-1-2-4-19(18)21-13-27-14-30(20)21/h1-4,13-17,20,22,24,28,31H,5-12H2,(H,29,32)(H2,26,33,34). The van der Waals surface area contributed by atoms with Gasteiger partial charge in [-0.1, -0.05) is 24.3 Å². The zero-order valence-corrected chi connectivity index (χ0v) is 20.5. The van der Waals surface area contributed by atoms with E-state index in [0.29, 0.717) is 24.2 Å². The maximum absolute atomic E-state index is 12.5. The molecule has 1 aromatic heterocycles. The smallest absolute Gasteiger partial charge is 0.274 e. The lowest BCUT2D eigenvalue weighted by Gasteiger charge is -2.61. The molecular weight excluding hydrogens is 466 g/mol. The van der Waals surface area contributed by atoms with Gasteiger partial charge in [0, 0.05) is 24.6 Å². The molecule has 10 heteroatoms. The van der Waals surface area contributed by atoms with Gasteiger partial charge < -0.3 is 15.0 Å². The number of fused-ring (bicyclic) bond motifs is 3. The molecule has 4 unspecified atom stereocenters. The van der Waals surface area contributed by atoms with E-state index in [9.17, 15) is 18.3 Å². The molecule has 4 atom stereocenters. The van der Waals surface area contributed by atoms with Crippen LogP contribution in [0.4, 0.5) is 0 Å². The number of carbonyl (C=O) groups excluding carboxylic acids is 1. The minimum Gasteiger partial charge on any atom is -0.392 e. The van der Waals surface area contributed by atoms with Crippen molar-refractivity contribution in [2.45, 2.75) is 63.1 Å². The number of hydrogen-bond acceptors (Lipinski definition) is 5. The highest BCUT2D eigenvalue weighted by molar-refractivity contribution is 7.87. The van der Waals surface area contributed by atoms with Crippen molar-refractivity contribution in [2.24, 2.45) is 28.3 Å². The van der Waals surface area contributed by atoms with Crippen LogP contribution in [0.5, 0.6) is 0 Å². The second-order valence-corrected chi connectivity index (χ2v) is 12.5. The number of rotatable bonds is 8. The van der Waals surface area contributed by atoms with Crippen LogP contribution in [0.2, 0.25) is 0 Å².